The molecule has 0 spiro atoms. The molecule has 0 saturated heterocycles. The van der Waals surface area contributed by atoms with Gasteiger partial charge in [-0.1, -0.05) is 22.0 Å². The monoisotopic (exact) mass is 299 g/mol. The van der Waals surface area contributed by atoms with E-state index in [1.165, 1.54) is 0 Å². The minimum Gasteiger partial charge on any atom is -0.382 e. The predicted molar refractivity (Wildman–Crippen MR) is 72.3 cm³/mol. The van der Waals surface area contributed by atoms with Crippen molar-refractivity contribution in [3.8, 4) is 0 Å². The summed E-state index contributed by atoms with van der Waals surface area (Å²) in [5.74, 6) is -0.0275. The fourth-order valence-corrected chi connectivity index (χ4v) is 1.82. The smallest absolute Gasteiger partial charge is 0.251 e. The summed E-state index contributed by atoms with van der Waals surface area (Å²) in [4.78, 5) is 11.9. The number of halogens is 1. The highest BCUT2D eigenvalue weighted by molar-refractivity contribution is 9.10. The Morgan fingerprint density at radius 3 is 2.94 bits per heavy atom. The largest absolute Gasteiger partial charge is 0.382 e. The predicted octanol–water partition coefficient (Wildman–Crippen LogP) is 2.91. The molecule has 0 aliphatic heterocycles. The molecule has 0 aliphatic carbocycles. The van der Waals surface area contributed by atoms with E-state index < -0.39 is 0 Å². The van der Waals surface area contributed by atoms with Crippen molar-refractivity contribution in [1.82, 2.24) is 5.32 Å². The third-order valence-electron chi connectivity index (χ3n) is 2.40. The van der Waals surface area contributed by atoms with Crippen molar-refractivity contribution < 1.29 is 9.53 Å². The van der Waals surface area contributed by atoms with E-state index in [0.717, 1.165) is 28.6 Å². The minimum absolute atomic E-state index is 0.0275. The van der Waals surface area contributed by atoms with E-state index in [0.29, 0.717) is 13.2 Å². The summed E-state index contributed by atoms with van der Waals surface area (Å²) in [6, 6.07) is 5.70. The number of rotatable bonds is 6. The zero-order chi connectivity index (χ0) is 12.7. The van der Waals surface area contributed by atoms with E-state index in [9.17, 15) is 4.79 Å². The molecule has 0 radical (unpaired) electrons. The van der Waals surface area contributed by atoms with Crippen molar-refractivity contribution in [1.29, 1.82) is 0 Å². The van der Waals surface area contributed by atoms with Gasteiger partial charge in [0.05, 0.1) is 0 Å². The van der Waals surface area contributed by atoms with Gasteiger partial charge in [0.15, 0.2) is 0 Å². The lowest BCUT2D eigenvalue weighted by atomic mass is 10.1. The summed E-state index contributed by atoms with van der Waals surface area (Å²) in [5, 5.41) is 2.89. The average molecular weight is 300 g/mol. The SMILES string of the molecule is CCOCCCNC(=O)c1cc(Br)ccc1C. The second kappa shape index (κ2) is 7.45. The van der Waals surface area contributed by atoms with Crippen LogP contribution in [0.25, 0.3) is 0 Å². The standard InChI is InChI=1S/C13H18BrNO2/c1-3-17-8-4-7-15-13(16)12-9-11(14)6-5-10(12)2/h5-6,9H,3-4,7-8H2,1-2H3,(H,15,16). The van der Waals surface area contributed by atoms with Crippen LogP contribution in [0, 0.1) is 6.92 Å². The van der Waals surface area contributed by atoms with Crippen LogP contribution in [0.15, 0.2) is 22.7 Å². The second-order valence-corrected chi connectivity index (χ2v) is 4.68. The highest BCUT2D eigenvalue weighted by atomic mass is 79.9. The highest BCUT2D eigenvalue weighted by Gasteiger charge is 2.08. The van der Waals surface area contributed by atoms with Crippen LogP contribution in [0.5, 0.6) is 0 Å². The van der Waals surface area contributed by atoms with Crippen LogP contribution in [0.3, 0.4) is 0 Å². The summed E-state index contributed by atoms with van der Waals surface area (Å²) >= 11 is 3.37. The van der Waals surface area contributed by atoms with E-state index in [1.807, 2.05) is 32.0 Å². The summed E-state index contributed by atoms with van der Waals surface area (Å²) in [6.07, 6.45) is 0.840. The molecule has 1 aromatic rings. The summed E-state index contributed by atoms with van der Waals surface area (Å²) < 4.78 is 6.12. The van der Waals surface area contributed by atoms with E-state index in [4.69, 9.17) is 4.74 Å². The van der Waals surface area contributed by atoms with Crippen LogP contribution >= 0.6 is 15.9 Å². The molecule has 0 atom stereocenters. The number of ether oxygens (including phenoxy) is 1. The van der Waals surface area contributed by atoms with Gasteiger partial charge in [0.1, 0.15) is 0 Å². The topological polar surface area (TPSA) is 38.3 Å². The molecule has 1 amide bonds. The Kier molecular flexibility index (Phi) is 6.22. The van der Waals surface area contributed by atoms with Gasteiger partial charge in [0.2, 0.25) is 0 Å². The molecule has 0 heterocycles. The lowest BCUT2D eigenvalue weighted by molar-refractivity contribution is 0.0943. The highest BCUT2D eigenvalue weighted by Crippen LogP contribution is 2.15. The maximum Gasteiger partial charge on any atom is 0.251 e. The Labute approximate surface area is 111 Å². The number of carbonyl (C=O) groups is 1. The van der Waals surface area contributed by atoms with Crippen LogP contribution in [0.4, 0.5) is 0 Å². The number of hydrogen-bond acceptors (Lipinski definition) is 2. The molecule has 94 valence electrons. The average Bonchev–Trinajstić information content (AvgIpc) is 2.32. The number of benzene rings is 1. The number of carbonyl (C=O) groups excluding carboxylic acids is 1. The normalized spacial score (nSPS) is 10.3. The van der Waals surface area contributed by atoms with E-state index in [1.54, 1.807) is 0 Å². The third-order valence-corrected chi connectivity index (χ3v) is 2.89. The van der Waals surface area contributed by atoms with Crippen molar-refractivity contribution in [3.05, 3.63) is 33.8 Å². The lowest BCUT2D eigenvalue weighted by Crippen LogP contribution is -2.26. The first kappa shape index (κ1) is 14.2. The molecule has 0 bridgehead atoms. The number of aryl methyl sites for hydroxylation is 1. The Hall–Kier alpha value is -0.870. The fourth-order valence-electron chi connectivity index (χ4n) is 1.45. The van der Waals surface area contributed by atoms with Crippen LogP contribution in [-0.4, -0.2) is 25.7 Å². The first-order valence-electron chi connectivity index (χ1n) is 5.77. The van der Waals surface area contributed by atoms with Crippen LogP contribution < -0.4 is 5.32 Å². The maximum absolute atomic E-state index is 11.9. The number of amides is 1. The van der Waals surface area contributed by atoms with Gasteiger partial charge in [-0.2, -0.15) is 0 Å². The first-order valence-corrected chi connectivity index (χ1v) is 6.56. The van der Waals surface area contributed by atoms with Gasteiger partial charge in [0, 0.05) is 29.8 Å². The molecule has 17 heavy (non-hydrogen) atoms. The van der Waals surface area contributed by atoms with Gasteiger partial charge in [-0.15, -0.1) is 0 Å². The number of hydrogen-bond donors (Lipinski definition) is 1. The zero-order valence-electron chi connectivity index (χ0n) is 10.3. The Morgan fingerprint density at radius 1 is 1.47 bits per heavy atom. The van der Waals surface area contributed by atoms with Crippen molar-refractivity contribution in [2.24, 2.45) is 0 Å². The van der Waals surface area contributed by atoms with Gasteiger partial charge in [-0.05, 0) is 38.0 Å². The van der Waals surface area contributed by atoms with Gasteiger partial charge < -0.3 is 10.1 Å². The number of nitrogens with one attached hydrogen (secondary N) is 1. The molecule has 0 saturated carbocycles. The quantitative estimate of drug-likeness (QED) is 0.820. The third kappa shape index (κ3) is 4.88. The molecule has 1 N–H and O–H groups in total. The summed E-state index contributed by atoms with van der Waals surface area (Å²) in [7, 11) is 0. The molecular formula is C13H18BrNO2. The molecule has 0 fully saturated rings. The van der Waals surface area contributed by atoms with Crippen molar-refractivity contribution in [3.63, 3.8) is 0 Å². The van der Waals surface area contributed by atoms with Gasteiger partial charge in [0.25, 0.3) is 5.91 Å². The molecule has 1 aromatic carbocycles. The Morgan fingerprint density at radius 2 is 2.24 bits per heavy atom. The molecule has 1 rings (SSSR count). The second-order valence-electron chi connectivity index (χ2n) is 3.77. The van der Waals surface area contributed by atoms with Crippen LogP contribution in [-0.2, 0) is 4.74 Å². The lowest BCUT2D eigenvalue weighted by Gasteiger charge is -2.08. The summed E-state index contributed by atoms with van der Waals surface area (Å²) in [5.41, 5.74) is 1.70. The molecular weight excluding hydrogens is 282 g/mol. The molecule has 4 heteroatoms. The van der Waals surface area contributed by atoms with Gasteiger partial charge in [-0.3, -0.25) is 4.79 Å². The molecule has 0 unspecified atom stereocenters. The van der Waals surface area contributed by atoms with E-state index in [-0.39, 0.29) is 5.91 Å². The van der Waals surface area contributed by atoms with Gasteiger partial charge >= 0.3 is 0 Å². The van der Waals surface area contributed by atoms with Crippen molar-refractivity contribution >= 4 is 21.8 Å². The maximum atomic E-state index is 11.9. The molecule has 0 aromatic heterocycles. The zero-order valence-corrected chi connectivity index (χ0v) is 11.8. The summed E-state index contributed by atoms with van der Waals surface area (Å²) in [6.45, 7) is 5.95. The van der Waals surface area contributed by atoms with E-state index >= 15 is 0 Å². The van der Waals surface area contributed by atoms with Crippen LogP contribution in [0.1, 0.15) is 29.3 Å². The van der Waals surface area contributed by atoms with Gasteiger partial charge in [-0.25, -0.2) is 0 Å². The molecule has 3 nitrogen and oxygen atoms in total. The minimum atomic E-state index is -0.0275. The van der Waals surface area contributed by atoms with E-state index in [2.05, 4.69) is 21.2 Å². The fraction of sp³-hybridized carbons (Fsp3) is 0.462. The Bertz CT molecular complexity index is 380. The molecule has 0 aliphatic rings. The Balaban J connectivity index is 2.44. The van der Waals surface area contributed by atoms with Crippen molar-refractivity contribution in [2.75, 3.05) is 19.8 Å². The van der Waals surface area contributed by atoms with Crippen molar-refractivity contribution in [2.45, 2.75) is 20.3 Å². The first-order chi connectivity index (χ1) is 8.15. The van der Waals surface area contributed by atoms with Crippen LogP contribution in [0.2, 0.25) is 0 Å².